The molecule has 0 aliphatic rings. The largest absolute Gasteiger partial charge is 0.318 e. The van der Waals surface area contributed by atoms with E-state index in [4.69, 9.17) is 11.6 Å². The summed E-state index contributed by atoms with van der Waals surface area (Å²) in [6.07, 6.45) is 1.88. The van der Waals surface area contributed by atoms with Crippen LogP contribution in [0.15, 0.2) is 35.3 Å². The Balaban J connectivity index is 2.55. The average molecular weight is 247 g/mol. The molecule has 0 saturated carbocycles. The van der Waals surface area contributed by atoms with Gasteiger partial charge in [-0.15, -0.1) is 0 Å². The maximum Gasteiger partial charge on any atom is 0.0456 e. The molecule has 0 bridgehead atoms. The summed E-state index contributed by atoms with van der Waals surface area (Å²) >= 11 is 5.90. The van der Waals surface area contributed by atoms with Crippen LogP contribution in [-0.4, -0.2) is 17.8 Å². The molecular formula is C14H15ClN2. The number of halogens is 1. The molecule has 2 aromatic rings. The van der Waals surface area contributed by atoms with E-state index < -0.39 is 0 Å². The molecule has 0 atom stereocenters. The van der Waals surface area contributed by atoms with E-state index in [1.807, 2.05) is 30.5 Å². The first-order chi connectivity index (χ1) is 8.13. The van der Waals surface area contributed by atoms with E-state index in [0.29, 0.717) is 0 Å². The van der Waals surface area contributed by atoms with Crippen molar-refractivity contribution in [1.29, 1.82) is 0 Å². The summed E-state index contributed by atoms with van der Waals surface area (Å²) in [5.41, 5.74) is 4.66. The van der Waals surface area contributed by atoms with Crippen molar-refractivity contribution in [3.05, 3.63) is 52.3 Å². The second-order valence-electron chi connectivity index (χ2n) is 4.03. The van der Waals surface area contributed by atoms with Crippen LogP contribution in [-0.2, 0) is 0 Å². The Morgan fingerprint density at radius 3 is 2.41 bits per heavy atom. The molecule has 2 nitrogen and oxygen atoms in total. The topological polar surface area (TPSA) is 17.3 Å². The summed E-state index contributed by atoms with van der Waals surface area (Å²) in [5, 5.41) is 0.756. The van der Waals surface area contributed by atoms with E-state index in [1.165, 1.54) is 11.4 Å². The second kappa shape index (κ2) is 4.76. The fourth-order valence-electron chi connectivity index (χ4n) is 2.04. The van der Waals surface area contributed by atoms with Crippen molar-refractivity contribution in [2.24, 2.45) is 4.99 Å². The summed E-state index contributed by atoms with van der Waals surface area (Å²) < 4.78 is 2.20. The van der Waals surface area contributed by atoms with E-state index in [0.717, 1.165) is 16.3 Å². The molecule has 0 N–H and O–H groups in total. The van der Waals surface area contributed by atoms with Crippen molar-refractivity contribution in [2.75, 3.05) is 7.05 Å². The number of aliphatic imine (C=N–C) groups is 1. The van der Waals surface area contributed by atoms with E-state index >= 15 is 0 Å². The van der Waals surface area contributed by atoms with Gasteiger partial charge in [0.1, 0.15) is 0 Å². The van der Waals surface area contributed by atoms with Crippen molar-refractivity contribution in [3.63, 3.8) is 0 Å². The van der Waals surface area contributed by atoms with Gasteiger partial charge in [-0.25, -0.2) is 0 Å². The highest BCUT2D eigenvalue weighted by Gasteiger charge is 2.08. The third-order valence-electron chi connectivity index (χ3n) is 2.82. The Hall–Kier alpha value is -1.54. The van der Waals surface area contributed by atoms with Gasteiger partial charge in [0.25, 0.3) is 0 Å². The zero-order chi connectivity index (χ0) is 12.4. The fraction of sp³-hybridized carbons (Fsp3) is 0.214. The van der Waals surface area contributed by atoms with E-state index in [2.05, 4.69) is 29.5 Å². The molecule has 0 radical (unpaired) electrons. The fourth-order valence-corrected chi connectivity index (χ4v) is 2.17. The van der Waals surface area contributed by atoms with Crippen LogP contribution >= 0.6 is 11.6 Å². The molecule has 0 saturated heterocycles. The van der Waals surface area contributed by atoms with Gasteiger partial charge in [0.2, 0.25) is 0 Å². The number of rotatable bonds is 2. The first-order valence-corrected chi connectivity index (χ1v) is 5.88. The molecule has 88 valence electrons. The van der Waals surface area contributed by atoms with Crippen molar-refractivity contribution < 1.29 is 0 Å². The molecular weight excluding hydrogens is 232 g/mol. The van der Waals surface area contributed by atoms with Gasteiger partial charge in [0.05, 0.1) is 0 Å². The molecule has 1 aromatic heterocycles. The van der Waals surface area contributed by atoms with Crippen molar-refractivity contribution >= 4 is 17.8 Å². The number of nitrogens with zero attached hydrogens (tertiary/aromatic N) is 2. The Morgan fingerprint density at radius 2 is 1.82 bits per heavy atom. The molecule has 0 fully saturated rings. The van der Waals surface area contributed by atoms with Gasteiger partial charge in [0, 0.05) is 40.9 Å². The third-order valence-corrected chi connectivity index (χ3v) is 3.08. The van der Waals surface area contributed by atoms with Crippen LogP contribution in [0, 0.1) is 13.8 Å². The third kappa shape index (κ3) is 2.27. The van der Waals surface area contributed by atoms with Crippen LogP contribution in [0.3, 0.4) is 0 Å². The lowest BCUT2D eigenvalue weighted by atomic mass is 10.2. The molecule has 0 unspecified atom stereocenters. The summed E-state index contributed by atoms with van der Waals surface area (Å²) in [4.78, 5) is 4.07. The Bertz CT molecular complexity index is 550. The SMILES string of the molecule is C/N=C\c1cc(C)n(-c2ccc(Cl)cc2)c1C. The van der Waals surface area contributed by atoms with Gasteiger partial charge in [-0.05, 0) is 44.2 Å². The van der Waals surface area contributed by atoms with Gasteiger partial charge >= 0.3 is 0 Å². The molecule has 0 amide bonds. The zero-order valence-electron chi connectivity index (χ0n) is 10.2. The van der Waals surface area contributed by atoms with E-state index in [1.54, 1.807) is 7.05 Å². The normalized spacial score (nSPS) is 11.3. The lowest BCUT2D eigenvalue weighted by Crippen LogP contribution is -1.99. The molecule has 0 aliphatic heterocycles. The highest BCUT2D eigenvalue weighted by molar-refractivity contribution is 6.30. The van der Waals surface area contributed by atoms with Gasteiger partial charge in [-0.3, -0.25) is 4.99 Å². The van der Waals surface area contributed by atoms with Crippen molar-refractivity contribution in [1.82, 2.24) is 4.57 Å². The lowest BCUT2D eigenvalue weighted by Gasteiger charge is -2.09. The monoisotopic (exact) mass is 246 g/mol. The number of hydrogen-bond acceptors (Lipinski definition) is 1. The zero-order valence-corrected chi connectivity index (χ0v) is 11.0. The van der Waals surface area contributed by atoms with Crippen LogP contribution in [0.2, 0.25) is 5.02 Å². The van der Waals surface area contributed by atoms with Crippen LogP contribution < -0.4 is 0 Å². The Kier molecular flexibility index (Phi) is 3.34. The number of aromatic nitrogens is 1. The van der Waals surface area contributed by atoms with Gasteiger partial charge < -0.3 is 4.57 Å². The van der Waals surface area contributed by atoms with Crippen LogP contribution in [0.25, 0.3) is 5.69 Å². The number of benzene rings is 1. The number of aryl methyl sites for hydroxylation is 1. The minimum atomic E-state index is 0.756. The Morgan fingerprint density at radius 1 is 1.18 bits per heavy atom. The average Bonchev–Trinajstić information content (AvgIpc) is 2.57. The summed E-state index contributed by atoms with van der Waals surface area (Å²) in [6.45, 7) is 4.19. The molecule has 17 heavy (non-hydrogen) atoms. The molecule has 1 aromatic carbocycles. The van der Waals surface area contributed by atoms with E-state index in [-0.39, 0.29) is 0 Å². The highest BCUT2D eigenvalue weighted by atomic mass is 35.5. The Labute approximate surface area is 107 Å². The van der Waals surface area contributed by atoms with Gasteiger partial charge in [-0.2, -0.15) is 0 Å². The molecule has 2 rings (SSSR count). The van der Waals surface area contributed by atoms with Crippen molar-refractivity contribution in [3.8, 4) is 5.69 Å². The van der Waals surface area contributed by atoms with Gasteiger partial charge in [-0.1, -0.05) is 11.6 Å². The molecule has 1 heterocycles. The standard InChI is InChI=1S/C14H15ClN2/c1-10-8-12(9-16-3)11(2)17(10)14-6-4-13(15)5-7-14/h4-9H,1-3H3/b16-9-. The summed E-state index contributed by atoms with van der Waals surface area (Å²) in [7, 11) is 1.79. The minimum absolute atomic E-state index is 0.756. The predicted molar refractivity (Wildman–Crippen MR) is 73.8 cm³/mol. The maximum atomic E-state index is 5.90. The van der Waals surface area contributed by atoms with Crippen LogP contribution in [0.1, 0.15) is 17.0 Å². The minimum Gasteiger partial charge on any atom is -0.318 e. The van der Waals surface area contributed by atoms with Gasteiger partial charge in [0.15, 0.2) is 0 Å². The van der Waals surface area contributed by atoms with Crippen LogP contribution in [0.5, 0.6) is 0 Å². The van der Waals surface area contributed by atoms with Crippen LogP contribution in [0.4, 0.5) is 0 Å². The first kappa shape index (κ1) is 11.9. The predicted octanol–water partition coefficient (Wildman–Crippen LogP) is 3.80. The lowest BCUT2D eigenvalue weighted by molar-refractivity contribution is 0.965. The molecule has 0 spiro atoms. The highest BCUT2D eigenvalue weighted by Crippen LogP contribution is 2.21. The maximum absolute atomic E-state index is 5.90. The van der Waals surface area contributed by atoms with Crippen molar-refractivity contribution in [2.45, 2.75) is 13.8 Å². The molecule has 3 heteroatoms. The number of hydrogen-bond donors (Lipinski definition) is 0. The summed E-state index contributed by atoms with van der Waals surface area (Å²) in [6, 6.07) is 9.99. The van der Waals surface area contributed by atoms with E-state index in [9.17, 15) is 0 Å². The quantitative estimate of drug-likeness (QED) is 0.718. The first-order valence-electron chi connectivity index (χ1n) is 5.50. The smallest absolute Gasteiger partial charge is 0.0456 e. The summed E-state index contributed by atoms with van der Waals surface area (Å²) in [5.74, 6) is 0. The molecule has 0 aliphatic carbocycles. The second-order valence-corrected chi connectivity index (χ2v) is 4.46.